The molecule has 2 saturated heterocycles. The van der Waals surface area contributed by atoms with Crippen LogP contribution in [0.25, 0.3) is 0 Å². The molecule has 3 atom stereocenters. The van der Waals surface area contributed by atoms with Crippen LogP contribution in [0.15, 0.2) is 30.3 Å². The summed E-state index contributed by atoms with van der Waals surface area (Å²) in [4.78, 5) is 37.5. The van der Waals surface area contributed by atoms with Crippen molar-refractivity contribution in [1.29, 1.82) is 0 Å². The monoisotopic (exact) mass is 364 g/mol. The second-order valence-corrected chi connectivity index (χ2v) is 7.29. The minimum Gasteiger partial charge on any atom is -0.480 e. The van der Waals surface area contributed by atoms with Crippen molar-refractivity contribution in [2.24, 2.45) is 0 Å². The van der Waals surface area contributed by atoms with Crippen molar-refractivity contribution in [3.05, 3.63) is 35.9 Å². The number of nitrogens with one attached hydrogen (secondary N) is 1. The quantitative estimate of drug-likeness (QED) is 0.846. The lowest BCUT2D eigenvalue weighted by Gasteiger charge is -2.44. The van der Waals surface area contributed by atoms with Crippen molar-refractivity contribution in [2.45, 2.75) is 43.3 Å². The first kappa shape index (κ1) is 17.6. The number of hydrogen-bond donors (Lipinski definition) is 2. The third-order valence-corrected chi connectivity index (χ3v) is 5.75. The zero-order chi connectivity index (χ0) is 17.8. The topological polar surface area (TPSA) is 95.9 Å². The molecule has 0 saturated carbocycles. The van der Waals surface area contributed by atoms with E-state index in [1.54, 1.807) is 0 Å². The summed E-state index contributed by atoms with van der Waals surface area (Å²) >= 11 is 1.51. The maximum absolute atomic E-state index is 12.7. The van der Waals surface area contributed by atoms with E-state index < -0.39 is 24.1 Å². The molecule has 2 N–H and O–H groups in total. The van der Waals surface area contributed by atoms with Gasteiger partial charge in [0.25, 0.3) is 0 Å². The number of carboxylic acids is 1. The lowest BCUT2D eigenvalue weighted by Crippen LogP contribution is -2.62. The molecule has 1 aromatic rings. The van der Waals surface area contributed by atoms with Crippen molar-refractivity contribution >= 4 is 29.7 Å². The summed E-state index contributed by atoms with van der Waals surface area (Å²) in [7, 11) is 0. The smallest absolute Gasteiger partial charge is 0.408 e. The summed E-state index contributed by atoms with van der Waals surface area (Å²) in [6.45, 7) is 0.116. The Morgan fingerprint density at radius 1 is 1.28 bits per heavy atom. The lowest BCUT2D eigenvalue weighted by atomic mass is 10.0. The fraction of sp³-hybridized carbons (Fsp3) is 0.471. The molecule has 0 bridgehead atoms. The van der Waals surface area contributed by atoms with Crippen LogP contribution < -0.4 is 5.32 Å². The molecule has 2 aliphatic heterocycles. The number of nitrogens with zero attached hydrogens (tertiary/aromatic N) is 1. The van der Waals surface area contributed by atoms with E-state index in [9.17, 15) is 19.5 Å². The first-order valence-electron chi connectivity index (χ1n) is 8.20. The first-order chi connectivity index (χ1) is 12.1. The van der Waals surface area contributed by atoms with Crippen molar-refractivity contribution in [3.8, 4) is 0 Å². The van der Waals surface area contributed by atoms with E-state index in [4.69, 9.17) is 4.74 Å². The predicted octanol–water partition coefficient (Wildman–Crippen LogP) is 1.82. The van der Waals surface area contributed by atoms with Crippen molar-refractivity contribution in [2.75, 3.05) is 5.75 Å². The van der Waals surface area contributed by atoms with E-state index in [-0.39, 0.29) is 17.9 Å². The van der Waals surface area contributed by atoms with Crippen LogP contribution in [0, 0.1) is 0 Å². The Morgan fingerprint density at radius 3 is 2.76 bits per heavy atom. The maximum Gasteiger partial charge on any atom is 0.408 e. The Morgan fingerprint density at radius 2 is 2.04 bits per heavy atom. The van der Waals surface area contributed by atoms with E-state index in [1.165, 1.54) is 16.7 Å². The molecule has 8 heteroatoms. The van der Waals surface area contributed by atoms with Gasteiger partial charge in [-0.2, -0.15) is 0 Å². The van der Waals surface area contributed by atoms with Gasteiger partial charge in [0.2, 0.25) is 5.91 Å². The molecular formula is C17H20N2O5S. The number of benzene rings is 1. The number of alkyl carbamates (subject to hydrolysis) is 1. The molecule has 0 unspecified atom stereocenters. The number of fused-ring (bicyclic) bond motifs is 1. The number of carbonyl (C=O) groups excluding carboxylic acids is 2. The van der Waals surface area contributed by atoms with Crippen LogP contribution in [-0.2, 0) is 20.9 Å². The second kappa shape index (κ2) is 7.77. The molecule has 2 fully saturated rings. The van der Waals surface area contributed by atoms with E-state index in [0.29, 0.717) is 12.2 Å². The van der Waals surface area contributed by atoms with Gasteiger partial charge in [-0.1, -0.05) is 30.3 Å². The Hall–Kier alpha value is -2.22. The molecule has 0 spiro atoms. The normalized spacial score (nSPS) is 25.8. The number of amides is 2. The van der Waals surface area contributed by atoms with Gasteiger partial charge in [-0.05, 0) is 24.8 Å². The highest BCUT2D eigenvalue weighted by atomic mass is 32.2. The highest BCUT2D eigenvalue weighted by molar-refractivity contribution is 8.00. The van der Waals surface area contributed by atoms with Gasteiger partial charge in [0.1, 0.15) is 18.7 Å². The second-order valence-electron chi connectivity index (χ2n) is 6.08. The zero-order valence-corrected chi connectivity index (χ0v) is 14.4. The van der Waals surface area contributed by atoms with Crippen LogP contribution in [0.1, 0.15) is 24.8 Å². The molecule has 2 heterocycles. The Kier molecular flexibility index (Phi) is 5.47. The van der Waals surface area contributed by atoms with Crippen molar-refractivity contribution in [1.82, 2.24) is 10.2 Å². The maximum atomic E-state index is 12.7. The van der Waals surface area contributed by atoms with E-state index in [2.05, 4.69) is 5.32 Å². The fourth-order valence-corrected chi connectivity index (χ4v) is 4.52. The number of thioether (sulfide) groups is 1. The van der Waals surface area contributed by atoms with Crippen LogP contribution in [0.3, 0.4) is 0 Å². The molecule has 25 heavy (non-hydrogen) atoms. The molecule has 1 aromatic carbocycles. The van der Waals surface area contributed by atoms with Gasteiger partial charge in [0.05, 0.1) is 5.37 Å². The highest BCUT2D eigenvalue weighted by Gasteiger charge is 2.44. The SMILES string of the molecule is O=C(N[C@H]1CS[C@H]2CCC[C@@H](C(=O)O)N2C1=O)OCc1ccccc1. The standard InChI is InChI=1S/C17H20N2O5S/c20-15-12(18-17(23)24-9-11-5-2-1-3-6-11)10-25-14-8-4-7-13(16(21)22)19(14)15/h1-3,5-6,12-14H,4,7-10H2,(H,18,23)(H,21,22)/t12-,13-,14-/m0/s1. The number of carboxylic acid groups (broad SMARTS) is 1. The van der Waals surface area contributed by atoms with Gasteiger partial charge < -0.3 is 20.1 Å². The summed E-state index contributed by atoms with van der Waals surface area (Å²) < 4.78 is 5.14. The summed E-state index contributed by atoms with van der Waals surface area (Å²) in [5.74, 6) is -0.911. The number of hydrogen-bond acceptors (Lipinski definition) is 5. The number of piperidine rings is 1. The van der Waals surface area contributed by atoms with Gasteiger partial charge in [-0.3, -0.25) is 4.79 Å². The van der Waals surface area contributed by atoms with Crippen LogP contribution in [0.5, 0.6) is 0 Å². The first-order valence-corrected chi connectivity index (χ1v) is 9.25. The number of aliphatic carboxylic acids is 1. The lowest BCUT2D eigenvalue weighted by molar-refractivity contribution is -0.154. The predicted molar refractivity (Wildman–Crippen MR) is 91.9 cm³/mol. The van der Waals surface area contributed by atoms with Gasteiger partial charge in [0.15, 0.2) is 0 Å². The average molecular weight is 364 g/mol. The molecule has 0 radical (unpaired) electrons. The van der Waals surface area contributed by atoms with Gasteiger partial charge >= 0.3 is 12.1 Å². The molecule has 0 aliphatic carbocycles. The summed E-state index contributed by atoms with van der Waals surface area (Å²) in [5.41, 5.74) is 0.851. The van der Waals surface area contributed by atoms with E-state index >= 15 is 0 Å². The average Bonchev–Trinajstić information content (AvgIpc) is 2.62. The third kappa shape index (κ3) is 4.07. The molecule has 2 aliphatic rings. The largest absolute Gasteiger partial charge is 0.480 e. The molecule has 2 amide bonds. The van der Waals surface area contributed by atoms with Crippen molar-refractivity contribution < 1.29 is 24.2 Å². The number of ether oxygens (including phenoxy) is 1. The number of rotatable bonds is 4. The Bertz CT molecular complexity index is 654. The van der Waals surface area contributed by atoms with E-state index in [1.807, 2.05) is 30.3 Å². The van der Waals surface area contributed by atoms with Gasteiger partial charge in [-0.25, -0.2) is 9.59 Å². The fourth-order valence-electron chi connectivity index (χ4n) is 3.14. The molecule has 7 nitrogen and oxygen atoms in total. The number of carbonyl (C=O) groups is 3. The van der Waals surface area contributed by atoms with Crippen molar-refractivity contribution in [3.63, 3.8) is 0 Å². The van der Waals surface area contributed by atoms with Crippen LogP contribution >= 0.6 is 11.8 Å². The summed E-state index contributed by atoms with van der Waals surface area (Å²) in [6, 6.07) is 7.67. The molecule has 0 aromatic heterocycles. The molecule has 3 rings (SSSR count). The van der Waals surface area contributed by atoms with Crippen LogP contribution in [-0.4, -0.2) is 51.2 Å². The summed E-state index contributed by atoms with van der Waals surface area (Å²) in [6.07, 6.45) is 1.34. The van der Waals surface area contributed by atoms with E-state index in [0.717, 1.165) is 18.4 Å². The Labute approximate surface area is 149 Å². The molecular weight excluding hydrogens is 344 g/mol. The van der Waals surface area contributed by atoms with Gasteiger partial charge in [0, 0.05) is 5.75 Å². The minimum absolute atomic E-state index is 0.116. The highest BCUT2D eigenvalue weighted by Crippen LogP contribution is 2.35. The van der Waals surface area contributed by atoms with Crippen LogP contribution in [0.4, 0.5) is 4.79 Å². The zero-order valence-electron chi connectivity index (χ0n) is 13.6. The van der Waals surface area contributed by atoms with Gasteiger partial charge in [-0.15, -0.1) is 11.8 Å². The van der Waals surface area contributed by atoms with Crippen LogP contribution in [0.2, 0.25) is 0 Å². The third-order valence-electron chi connectivity index (χ3n) is 4.37. The Balaban J connectivity index is 1.58. The molecule has 134 valence electrons. The minimum atomic E-state index is -0.994. The summed E-state index contributed by atoms with van der Waals surface area (Å²) in [5, 5.41) is 11.8.